The Morgan fingerprint density at radius 2 is 1.50 bits per heavy atom. The maximum absolute atomic E-state index is 12.5. The molecule has 0 aromatic heterocycles. The summed E-state index contributed by atoms with van der Waals surface area (Å²) in [7, 11) is 1.54. The van der Waals surface area contributed by atoms with E-state index in [0.717, 1.165) is 5.56 Å². The third-order valence-corrected chi connectivity index (χ3v) is 4.51. The van der Waals surface area contributed by atoms with E-state index in [1.807, 2.05) is 43.3 Å². The molecule has 3 rings (SSSR count). The van der Waals surface area contributed by atoms with Crippen molar-refractivity contribution in [2.24, 2.45) is 0 Å². The van der Waals surface area contributed by atoms with Gasteiger partial charge in [-0.1, -0.05) is 42.5 Å². The Morgan fingerprint density at radius 3 is 2.17 bits per heavy atom. The molecule has 1 atom stereocenters. The number of anilines is 1. The standard InChI is InChI=1S/C24H24N2O4/c1-17(18-8-4-3-5-9-18)25-24(28)19-12-14-20(15-13-19)26-23(27)16-30-22-11-7-6-10-21(22)29-2/h3-15,17H,16H2,1-2H3,(H,25,28)(H,26,27). The molecule has 0 radical (unpaired) electrons. The first kappa shape index (κ1) is 20.9. The SMILES string of the molecule is COc1ccccc1OCC(=O)Nc1ccc(C(=O)NC(C)c2ccccc2)cc1. The van der Waals surface area contributed by atoms with E-state index in [9.17, 15) is 9.59 Å². The number of benzene rings is 3. The molecule has 0 saturated carbocycles. The Labute approximate surface area is 175 Å². The Bertz CT molecular complexity index is 988. The van der Waals surface area contributed by atoms with E-state index in [4.69, 9.17) is 9.47 Å². The predicted molar refractivity (Wildman–Crippen MR) is 116 cm³/mol. The van der Waals surface area contributed by atoms with Crippen LogP contribution in [0, 0.1) is 0 Å². The molecule has 0 fully saturated rings. The summed E-state index contributed by atoms with van der Waals surface area (Å²) in [5, 5.41) is 5.71. The average Bonchev–Trinajstić information content (AvgIpc) is 2.79. The van der Waals surface area contributed by atoms with Crippen LogP contribution in [0.2, 0.25) is 0 Å². The van der Waals surface area contributed by atoms with Crippen LogP contribution in [0.3, 0.4) is 0 Å². The molecule has 154 valence electrons. The molecule has 0 heterocycles. The molecule has 6 heteroatoms. The Balaban J connectivity index is 1.52. The summed E-state index contributed by atoms with van der Waals surface area (Å²) in [6.45, 7) is 1.78. The van der Waals surface area contributed by atoms with Crippen molar-refractivity contribution in [3.63, 3.8) is 0 Å². The van der Waals surface area contributed by atoms with Gasteiger partial charge in [0.1, 0.15) is 0 Å². The van der Waals surface area contributed by atoms with Crippen LogP contribution >= 0.6 is 0 Å². The first-order valence-corrected chi connectivity index (χ1v) is 9.58. The van der Waals surface area contributed by atoms with Gasteiger partial charge in [-0.05, 0) is 48.9 Å². The van der Waals surface area contributed by atoms with Gasteiger partial charge in [-0.25, -0.2) is 0 Å². The van der Waals surface area contributed by atoms with Gasteiger partial charge in [0, 0.05) is 11.3 Å². The van der Waals surface area contributed by atoms with Gasteiger partial charge in [0.15, 0.2) is 18.1 Å². The Kier molecular flexibility index (Phi) is 7.05. The Morgan fingerprint density at radius 1 is 0.867 bits per heavy atom. The molecule has 1 unspecified atom stereocenters. The van der Waals surface area contributed by atoms with Gasteiger partial charge >= 0.3 is 0 Å². The van der Waals surface area contributed by atoms with Gasteiger partial charge < -0.3 is 20.1 Å². The van der Waals surface area contributed by atoms with Gasteiger partial charge in [0.2, 0.25) is 0 Å². The normalized spacial score (nSPS) is 11.3. The van der Waals surface area contributed by atoms with Crippen molar-refractivity contribution in [2.45, 2.75) is 13.0 Å². The van der Waals surface area contributed by atoms with Crippen molar-refractivity contribution >= 4 is 17.5 Å². The fourth-order valence-electron chi connectivity index (χ4n) is 2.89. The summed E-state index contributed by atoms with van der Waals surface area (Å²) < 4.78 is 10.7. The zero-order valence-electron chi connectivity index (χ0n) is 16.9. The molecule has 0 aliphatic carbocycles. The quantitative estimate of drug-likeness (QED) is 0.590. The van der Waals surface area contributed by atoms with Crippen molar-refractivity contribution in [3.05, 3.63) is 90.0 Å². The third-order valence-electron chi connectivity index (χ3n) is 4.51. The molecule has 3 aromatic carbocycles. The highest BCUT2D eigenvalue weighted by molar-refractivity contribution is 5.96. The lowest BCUT2D eigenvalue weighted by Crippen LogP contribution is -2.26. The second kappa shape index (κ2) is 10.1. The number of carbonyl (C=O) groups is 2. The molecule has 0 spiro atoms. The van der Waals surface area contributed by atoms with Crippen LogP contribution in [0.25, 0.3) is 0 Å². The van der Waals surface area contributed by atoms with E-state index in [1.54, 1.807) is 49.6 Å². The highest BCUT2D eigenvalue weighted by Gasteiger charge is 2.12. The molecule has 6 nitrogen and oxygen atoms in total. The minimum Gasteiger partial charge on any atom is -0.493 e. The van der Waals surface area contributed by atoms with Crippen molar-refractivity contribution in [1.29, 1.82) is 0 Å². The van der Waals surface area contributed by atoms with E-state index < -0.39 is 0 Å². The highest BCUT2D eigenvalue weighted by atomic mass is 16.5. The van der Waals surface area contributed by atoms with Crippen molar-refractivity contribution in [2.75, 3.05) is 19.0 Å². The van der Waals surface area contributed by atoms with E-state index in [0.29, 0.717) is 22.7 Å². The van der Waals surface area contributed by atoms with Crippen LogP contribution in [0.15, 0.2) is 78.9 Å². The summed E-state index contributed by atoms with van der Waals surface area (Å²) in [6.07, 6.45) is 0. The lowest BCUT2D eigenvalue weighted by Gasteiger charge is -2.14. The van der Waals surface area contributed by atoms with Gasteiger partial charge in [0.25, 0.3) is 11.8 Å². The largest absolute Gasteiger partial charge is 0.493 e. The number of carbonyl (C=O) groups excluding carboxylic acids is 2. The third kappa shape index (κ3) is 5.61. The molecular weight excluding hydrogens is 380 g/mol. The number of hydrogen-bond donors (Lipinski definition) is 2. The second-order valence-electron chi connectivity index (χ2n) is 6.67. The van der Waals surface area contributed by atoms with Crippen LogP contribution in [-0.2, 0) is 4.79 Å². The molecule has 0 bridgehead atoms. The van der Waals surface area contributed by atoms with Gasteiger partial charge in [-0.2, -0.15) is 0 Å². The first-order valence-electron chi connectivity index (χ1n) is 9.58. The van der Waals surface area contributed by atoms with E-state index >= 15 is 0 Å². The monoisotopic (exact) mass is 404 g/mol. The van der Waals surface area contributed by atoms with Crippen LogP contribution in [0.1, 0.15) is 28.9 Å². The van der Waals surface area contributed by atoms with Crippen LogP contribution < -0.4 is 20.1 Å². The Hall–Kier alpha value is -3.80. The molecule has 30 heavy (non-hydrogen) atoms. The van der Waals surface area contributed by atoms with E-state index in [1.165, 1.54) is 0 Å². The lowest BCUT2D eigenvalue weighted by molar-refractivity contribution is -0.118. The predicted octanol–water partition coefficient (Wildman–Crippen LogP) is 4.20. The van der Waals surface area contributed by atoms with E-state index in [-0.39, 0.29) is 24.5 Å². The topological polar surface area (TPSA) is 76.7 Å². The highest BCUT2D eigenvalue weighted by Crippen LogP contribution is 2.25. The molecule has 0 aliphatic rings. The summed E-state index contributed by atoms with van der Waals surface area (Å²) in [4.78, 5) is 24.6. The van der Waals surface area contributed by atoms with Crippen molar-refractivity contribution in [1.82, 2.24) is 5.32 Å². The number of methoxy groups -OCH3 is 1. The second-order valence-corrected chi connectivity index (χ2v) is 6.67. The fourth-order valence-corrected chi connectivity index (χ4v) is 2.89. The van der Waals surface area contributed by atoms with Crippen molar-refractivity contribution < 1.29 is 19.1 Å². The zero-order valence-corrected chi connectivity index (χ0v) is 16.9. The number of hydrogen-bond acceptors (Lipinski definition) is 4. The molecular formula is C24H24N2O4. The molecule has 0 aliphatic heterocycles. The minimum atomic E-state index is -0.309. The summed E-state index contributed by atoms with van der Waals surface area (Å²) in [6, 6.07) is 23.5. The maximum atomic E-state index is 12.5. The van der Waals surface area contributed by atoms with Crippen LogP contribution in [-0.4, -0.2) is 25.5 Å². The summed E-state index contributed by atoms with van der Waals surface area (Å²) >= 11 is 0. The van der Waals surface area contributed by atoms with Crippen LogP contribution in [0.4, 0.5) is 5.69 Å². The number of amides is 2. The summed E-state index contributed by atoms with van der Waals surface area (Å²) in [5.41, 5.74) is 2.13. The smallest absolute Gasteiger partial charge is 0.262 e. The van der Waals surface area contributed by atoms with Gasteiger partial charge in [-0.15, -0.1) is 0 Å². The zero-order chi connectivity index (χ0) is 21.3. The summed E-state index contributed by atoms with van der Waals surface area (Å²) in [5.74, 6) is 0.569. The fraction of sp³-hybridized carbons (Fsp3) is 0.167. The number of para-hydroxylation sites is 2. The first-order chi connectivity index (χ1) is 14.6. The maximum Gasteiger partial charge on any atom is 0.262 e. The van der Waals surface area contributed by atoms with Crippen LogP contribution in [0.5, 0.6) is 11.5 Å². The average molecular weight is 404 g/mol. The van der Waals surface area contributed by atoms with Gasteiger partial charge in [0.05, 0.1) is 13.2 Å². The van der Waals surface area contributed by atoms with E-state index in [2.05, 4.69) is 10.6 Å². The number of rotatable bonds is 8. The van der Waals surface area contributed by atoms with Crippen molar-refractivity contribution in [3.8, 4) is 11.5 Å². The molecule has 0 saturated heterocycles. The van der Waals surface area contributed by atoms with Gasteiger partial charge in [-0.3, -0.25) is 9.59 Å². The number of nitrogens with one attached hydrogen (secondary N) is 2. The molecule has 2 amide bonds. The number of ether oxygens (including phenoxy) is 2. The molecule has 2 N–H and O–H groups in total. The molecule has 3 aromatic rings. The lowest BCUT2D eigenvalue weighted by atomic mass is 10.1. The minimum absolute atomic E-state index is 0.106.